The topological polar surface area (TPSA) is 23.8 Å². The fraction of sp³-hybridized carbons (Fsp3) is 0. The van der Waals surface area contributed by atoms with E-state index in [9.17, 15) is 5.26 Å². The van der Waals surface area contributed by atoms with Gasteiger partial charge in [-0.3, -0.25) is 0 Å². The van der Waals surface area contributed by atoms with E-state index in [1.54, 1.807) is 17.4 Å². The lowest BCUT2D eigenvalue weighted by atomic mass is 10.1. The van der Waals surface area contributed by atoms with Gasteiger partial charge in [0.15, 0.2) is 0 Å². The summed E-state index contributed by atoms with van der Waals surface area (Å²) in [6, 6.07) is 11.5. The van der Waals surface area contributed by atoms with Gasteiger partial charge in [0.1, 0.15) is 0 Å². The van der Waals surface area contributed by atoms with Crippen LogP contribution in [0.25, 0.3) is 11.6 Å². The number of nitriles is 1. The number of rotatable bonds is 2. The van der Waals surface area contributed by atoms with Crippen molar-refractivity contribution < 1.29 is 0 Å². The maximum atomic E-state index is 9.19. The van der Waals surface area contributed by atoms with Crippen molar-refractivity contribution in [3.05, 3.63) is 55.6 Å². The minimum absolute atomic E-state index is 0.574. The predicted octanol–water partition coefficient (Wildman–Crippen LogP) is 5.23. The van der Waals surface area contributed by atoms with E-state index < -0.39 is 0 Å². The smallest absolute Gasteiger partial charge is 0.0999 e. The fourth-order valence-electron chi connectivity index (χ4n) is 1.40. The highest BCUT2D eigenvalue weighted by Gasteiger charge is 2.06. The maximum absolute atomic E-state index is 9.19. The van der Waals surface area contributed by atoms with E-state index in [0.717, 1.165) is 14.9 Å². The van der Waals surface area contributed by atoms with E-state index in [4.69, 9.17) is 11.6 Å². The first kappa shape index (κ1) is 12.4. The third kappa shape index (κ3) is 2.98. The van der Waals surface area contributed by atoms with Crippen molar-refractivity contribution in [2.24, 2.45) is 0 Å². The van der Waals surface area contributed by atoms with E-state index in [-0.39, 0.29) is 0 Å². The molecule has 1 aromatic heterocycles. The molecule has 1 heterocycles. The Labute approximate surface area is 117 Å². The number of hydrogen-bond donors (Lipinski definition) is 0. The molecule has 2 rings (SSSR count). The summed E-state index contributed by atoms with van der Waals surface area (Å²) in [6.45, 7) is 0. The summed E-state index contributed by atoms with van der Waals surface area (Å²) in [7, 11) is 0. The molecule has 0 saturated carbocycles. The van der Waals surface area contributed by atoms with Gasteiger partial charge in [-0.2, -0.15) is 5.26 Å². The Morgan fingerprint density at radius 3 is 2.76 bits per heavy atom. The molecule has 0 aliphatic carbocycles. The molecule has 0 N–H and O–H groups in total. The van der Waals surface area contributed by atoms with Crippen LogP contribution in [-0.4, -0.2) is 0 Å². The van der Waals surface area contributed by atoms with Gasteiger partial charge in [0.2, 0.25) is 0 Å². The Bertz CT molecular complexity index is 610. The molecule has 84 valence electrons. The molecule has 1 nitrogen and oxygen atoms in total. The van der Waals surface area contributed by atoms with Crippen LogP contribution in [0.2, 0.25) is 5.02 Å². The maximum Gasteiger partial charge on any atom is 0.0999 e. The predicted molar refractivity (Wildman–Crippen MR) is 77.0 cm³/mol. The zero-order valence-electron chi connectivity index (χ0n) is 8.65. The molecule has 17 heavy (non-hydrogen) atoms. The molecule has 0 aliphatic rings. The molecule has 0 amide bonds. The minimum atomic E-state index is 0.574. The molecule has 0 bridgehead atoms. The van der Waals surface area contributed by atoms with Crippen molar-refractivity contribution in [2.75, 3.05) is 0 Å². The van der Waals surface area contributed by atoms with Gasteiger partial charge >= 0.3 is 0 Å². The minimum Gasteiger partial charge on any atom is -0.192 e. The number of benzene rings is 1. The van der Waals surface area contributed by atoms with Crippen LogP contribution in [0.4, 0.5) is 0 Å². The average Bonchev–Trinajstić information content (AvgIpc) is 2.73. The van der Waals surface area contributed by atoms with Crippen LogP contribution in [0, 0.1) is 11.3 Å². The molecule has 0 fully saturated rings. The summed E-state index contributed by atoms with van der Waals surface area (Å²) in [6.07, 6.45) is 1.84. The highest BCUT2D eigenvalue weighted by atomic mass is 79.9. The first-order valence-electron chi connectivity index (χ1n) is 4.81. The molecule has 0 radical (unpaired) electrons. The number of allylic oxidation sites excluding steroid dienone is 1. The van der Waals surface area contributed by atoms with E-state index in [1.807, 2.05) is 35.7 Å². The highest BCUT2D eigenvalue weighted by Crippen LogP contribution is 2.28. The van der Waals surface area contributed by atoms with Crippen molar-refractivity contribution in [3.8, 4) is 6.07 Å². The standard InChI is InChI=1S/C13H7BrClNS/c14-10-6-11(17-8-10)5-9(7-16)12-3-1-2-4-13(12)15/h1-6,8H. The molecule has 0 spiro atoms. The third-order valence-corrected chi connectivity index (χ3v) is 4.13. The van der Waals surface area contributed by atoms with Crippen molar-refractivity contribution in [1.82, 2.24) is 0 Å². The Morgan fingerprint density at radius 2 is 2.18 bits per heavy atom. The lowest BCUT2D eigenvalue weighted by Crippen LogP contribution is -1.82. The SMILES string of the molecule is N#CC(=Cc1cc(Br)cs1)c1ccccc1Cl. The highest BCUT2D eigenvalue weighted by molar-refractivity contribution is 9.10. The molecule has 2 aromatic rings. The van der Waals surface area contributed by atoms with Crippen LogP contribution in [0.1, 0.15) is 10.4 Å². The zero-order valence-corrected chi connectivity index (χ0v) is 11.8. The van der Waals surface area contributed by atoms with Crippen LogP contribution in [0.3, 0.4) is 0 Å². The normalized spacial score (nSPS) is 11.2. The molecule has 0 unspecified atom stereocenters. The molecule has 0 saturated heterocycles. The Morgan fingerprint density at radius 1 is 1.41 bits per heavy atom. The van der Waals surface area contributed by atoms with Gasteiger partial charge < -0.3 is 0 Å². The van der Waals surface area contributed by atoms with E-state index in [1.165, 1.54) is 0 Å². The lowest BCUT2D eigenvalue weighted by molar-refractivity contribution is 1.52. The van der Waals surface area contributed by atoms with Gasteiger partial charge in [-0.1, -0.05) is 29.8 Å². The Hall–Kier alpha value is -1.08. The second-order valence-electron chi connectivity index (χ2n) is 3.32. The first-order chi connectivity index (χ1) is 8.20. The van der Waals surface area contributed by atoms with Crippen LogP contribution in [0.5, 0.6) is 0 Å². The number of thiophene rings is 1. The number of halogens is 2. The third-order valence-electron chi connectivity index (χ3n) is 2.16. The Kier molecular flexibility index (Phi) is 4.01. The molecular formula is C13H7BrClNS. The number of hydrogen-bond acceptors (Lipinski definition) is 2. The largest absolute Gasteiger partial charge is 0.192 e. The summed E-state index contributed by atoms with van der Waals surface area (Å²) < 4.78 is 1.02. The van der Waals surface area contributed by atoms with Crippen LogP contribution < -0.4 is 0 Å². The second-order valence-corrected chi connectivity index (χ2v) is 5.58. The Balaban J connectivity index is 2.45. The summed E-state index contributed by atoms with van der Waals surface area (Å²) in [5.41, 5.74) is 1.34. The molecular weight excluding hydrogens is 318 g/mol. The summed E-state index contributed by atoms with van der Waals surface area (Å²) >= 11 is 11.0. The molecule has 4 heteroatoms. The molecule has 1 aromatic carbocycles. The van der Waals surface area contributed by atoms with Gasteiger partial charge in [-0.15, -0.1) is 11.3 Å². The van der Waals surface area contributed by atoms with Crippen molar-refractivity contribution in [1.29, 1.82) is 5.26 Å². The van der Waals surface area contributed by atoms with Gasteiger partial charge in [0.05, 0.1) is 11.6 Å². The summed E-state index contributed by atoms with van der Waals surface area (Å²) in [4.78, 5) is 1.02. The monoisotopic (exact) mass is 323 g/mol. The van der Waals surface area contributed by atoms with E-state index in [2.05, 4.69) is 22.0 Å². The second kappa shape index (κ2) is 5.50. The van der Waals surface area contributed by atoms with Gasteiger partial charge in [-0.25, -0.2) is 0 Å². The van der Waals surface area contributed by atoms with Crippen LogP contribution >= 0.6 is 38.9 Å². The van der Waals surface area contributed by atoms with E-state index >= 15 is 0 Å². The van der Waals surface area contributed by atoms with Gasteiger partial charge in [-0.05, 0) is 34.1 Å². The molecule has 0 aliphatic heterocycles. The van der Waals surface area contributed by atoms with E-state index in [0.29, 0.717) is 10.6 Å². The van der Waals surface area contributed by atoms with Crippen molar-refractivity contribution in [3.63, 3.8) is 0 Å². The zero-order chi connectivity index (χ0) is 12.3. The van der Waals surface area contributed by atoms with Crippen LogP contribution in [-0.2, 0) is 0 Å². The van der Waals surface area contributed by atoms with Crippen molar-refractivity contribution in [2.45, 2.75) is 0 Å². The lowest BCUT2D eigenvalue weighted by Gasteiger charge is -2.00. The average molecular weight is 325 g/mol. The first-order valence-corrected chi connectivity index (χ1v) is 6.86. The van der Waals surface area contributed by atoms with Gasteiger partial charge in [0, 0.05) is 25.3 Å². The molecule has 0 atom stereocenters. The van der Waals surface area contributed by atoms with Gasteiger partial charge in [0.25, 0.3) is 0 Å². The quantitative estimate of drug-likeness (QED) is 0.694. The fourth-order valence-corrected chi connectivity index (χ4v) is 3.01. The number of nitrogens with zero attached hydrogens (tertiary/aromatic N) is 1. The summed E-state index contributed by atoms with van der Waals surface area (Å²) in [5, 5.41) is 11.8. The van der Waals surface area contributed by atoms with Crippen LogP contribution in [0.15, 0.2) is 40.2 Å². The van der Waals surface area contributed by atoms with Crippen molar-refractivity contribution >= 4 is 50.5 Å². The summed E-state index contributed by atoms with van der Waals surface area (Å²) in [5.74, 6) is 0.